The molecule has 1 N–H and O–H groups in total. The maximum Gasteiger partial charge on any atom is 0.323 e. The fourth-order valence-corrected chi connectivity index (χ4v) is 1.80. The number of esters is 1. The van der Waals surface area contributed by atoms with Gasteiger partial charge in [0.05, 0.1) is 0 Å². The van der Waals surface area contributed by atoms with Crippen LogP contribution in [0.15, 0.2) is 60.7 Å². The third-order valence-corrected chi connectivity index (χ3v) is 3.03. The van der Waals surface area contributed by atoms with E-state index in [0.717, 1.165) is 11.1 Å². The zero-order valence-corrected chi connectivity index (χ0v) is 12.8. The zero-order valence-electron chi connectivity index (χ0n) is 12.0. The van der Waals surface area contributed by atoms with E-state index in [0.29, 0.717) is 13.2 Å². The van der Waals surface area contributed by atoms with Crippen LogP contribution >= 0.6 is 12.4 Å². The molecule has 2 aromatic carbocycles. The molecule has 2 aromatic rings. The van der Waals surface area contributed by atoms with Crippen LogP contribution in [0.5, 0.6) is 0 Å². The molecule has 0 saturated heterocycles. The molecule has 0 aromatic heterocycles. The Balaban J connectivity index is 0.00000220. The molecule has 0 fully saturated rings. The van der Waals surface area contributed by atoms with Crippen molar-refractivity contribution in [1.82, 2.24) is 5.32 Å². The molecule has 0 aliphatic rings. The number of rotatable bonds is 6. The predicted octanol–water partition coefficient (Wildman–Crippen LogP) is 3.33. The van der Waals surface area contributed by atoms with Gasteiger partial charge in [-0.15, -0.1) is 12.4 Å². The summed E-state index contributed by atoms with van der Waals surface area (Å²) in [5.41, 5.74) is 2.14. The molecule has 0 amide bonds. The molecular formula is C17H20ClNO2. The van der Waals surface area contributed by atoms with Crippen LogP contribution in [0.2, 0.25) is 0 Å². The van der Waals surface area contributed by atoms with Crippen molar-refractivity contribution < 1.29 is 9.53 Å². The van der Waals surface area contributed by atoms with Crippen molar-refractivity contribution >= 4 is 18.4 Å². The Hall–Kier alpha value is -1.84. The van der Waals surface area contributed by atoms with Gasteiger partial charge in [0, 0.05) is 6.54 Å². The lowest BCUT2D eigenvalue weighted by molar-refractivity contribution is -0.147. The maximum atomic E-state index is 11.9. The molecule has 2 rings (SSSR count). The maximum absolute atomic E-state index is 11.9. The van der Waals surface area contributed by atoms with E-state index in [1.54, 1.807) is 0 Å². The number of hydrogen-bond donors (Lipinski definition) is 1. The van der Waals surface area contributed by atoms with Gasteiger partial charge in [0.1, 0.15) is 12.6 Å². The fraction of sp³-hybridized carbons (Fsp3) is 0.235. The molecular weight excluding hydrogens is 286 g/mol. The molecule has 112 valence electrons. The van der Waals surface area contributed by atoms with Crippen molar-refractivity contribution in [2.45, 2.75) is 26.1 Å². The molecule has 0 saturated carbocycles. The van der Waals surface area contributed by atoms with Crippen molar-refractivity contribution in [3.05, 3.63) is 71.8 Å². The van der Waals surface area contributed by atoms with Crippen LogP contribution in [0, 0.1) is 0 Å². The smallest absolute Gasteiger partial charge is 0.323 e. The Morgan fingerprint density at radius 3 is 2.10 bits per heavy atom. The van der Waals surface area contributed by atoms with Gasteiger partial charge in [-0.1, -0.05) is 60.7 Å². The van der Waals surface area contributed by atoms with Gasteiger partial charge in [-0.2, -0.15) is 0 Å². The van der Waals surface area contributed by atoms with Gasteiger partial charge in [0.2, 0.25) is 0 Å². The molecule has 0 heterocycles. The van der Waals surface area contributed by atoms with Crippen LogP contribution in [0.1, 0.15) is 18.1 Å². The Kier molecular flexibility index (Phi) is 7.51. The molecule has 0 radical (unpaired) electrons. The van der Waals surface area contributed by atoms with Crippen LogP contribution in [0.3, 0.4) is 0 Å². The molecule has 3 nitrogen and oxygen atoms in total. The van der Waals surface area contributed by atoms with Crippen LogP contribution in [0.25, 0.3) is 0 Å². The Morgan fingerprint density at radius 2 is 1.52 bits per heavy atom. The van der Waals surface area contributed by atoms with E-state index >= 15 is 0 Å². The summed E-state index contributed by atoms with van der Waals surface area (Å²) in [4.78, 5) is 11.9. The summed E-state index contributed by atoms with van der Waals surface area (Å²) in [6.45, 7) is 2.79. The summed E-state index contributed by atoms with van der Waals surface area (Å²) in [6.07, 6.45) is 0. The van der Waals surface area contributed by atoms with Gasteiger partial charge in [-0.25, -0.2) is 0 Å². The second kappa shape index (κ2) is 9.16. The van der Waals surface area contributed by atoms with Gasteiger partial charge in [0.15, 0.2) is 0 Å². The molecule has 1 unspecified atom stereocenters. The van der Waals surface area contributed by atoms with Crippen molar-refractivity contribution in [1.29, 1.82) is 0 Å². The highest BCUT2D eigenvalue weighted by Gasteiger charge is 2.13. The van der Waals surface area contributed by atoms with E-state index < -0.39 is 0 Å². The third-order valence-electron chi connectivity index (χ3n) is 3.03. The summed E-state index contributed by atoms with van der Waals surface area (Å²) in [5.74, 6) is -0.232. The molecule has 0 aliphatic heterocycles. The Labute approximate surface area is 131 Å². The molecule has 1 atom stereocenters. The topological polar surface area (TPSA) is 38.3 Å². The van der Waals surface area contributed by atoms with Crippen LogP contribution in [-0.4, -0.2) is 12.0 Å². The average molecular weight is 306 g/mol. The second-order valence-electron chi connectivity index (χ2n) is 4.68. The van der Waals surface area contributed by atoms with Gasteiger partial charge < -0.3 is 10.1 Å². The van der Waals surface area contributed by atoms with E-state index in [-0.39, 0.29) is 24.4 Å². The average Bonchev–Trinajstić information content (AvgIpc) is 2.52. The molecule has 0 aliphatic carbocycles. The molecule has 0 spiro atoms. The minimum Gasteiger partial charge on any atom is -0.460 e. The molecule has 0 bridgehead atoms. The number of carbonyl (C=O) groups excluding carboxylic acids is 1. The number of halogens is 1. The van der Waals surface area contributed by atoms with Crippen molar-refractivity contribution in [3.63, 3.8) is 0 Å². The first kappa shape index (κ1) is 17.2. The summed E-state index contributed by atoms with van der Waals surface area (Å²) >= 11 is 0. The van der Waals surface area contributed by atoms with Crippen molar-refractivity contribution in [3.8, 4) is 0 Å². The van der Waals surface area contributed by atoms with Crippen LogP contribution in [-0.2, 0) is 22.7 Å². The minimum absolute atomic E-state index is 0. The van der Waals surface area contributed by atoms with Crippen LogP contribution < -0.4 is 5.32 Å². The monoisotopic (exact) mass is 305 g/mol. The standard InChI is InChI=1S/C17H19NO2.ClH/c1-14(18-12-15-8-4-2-5-9-15)17(19)20-13-16-10-6-3-7-11-16;/h2-11,14,18H,12-13H2,1H3;1H. The summed E-state index contributed by atoms with van der Waals surface area (Å²) in [7, 11) is 0. The van der Waals surface area contributed by atoms with Crippen molar-refractivity contribution in [2.75, 3.05) is 0 Å². The lowest BCUT2D eigenvalue weighted by Crippen LogP contribution is -2.34. The minimum atomic E-state index is -0.320. The van der Waals surface area contributed by atoms with E-state index in [1.807, 2.05) is 67.6 Å². The van der Waals surface area contributed by atoms with Gasteiger partial charge >= 0.3 is 5.97 Å². The number of nitrogens with one attached hydrogen (secondary N) is 1. The number of hydrogen-bond acceptors (Lipinski definition) is 3. The lowest BCUT2D eigenvalue weighted by atomic mass is 10.2. The summed E-state index contributed by atoms with van der Waals surface area (Å²) in [5, 5.41) is 3.16. The first-order valence-electron chi connectivity index (χ1n) is 6.73. The van der Waals surface area contributed by atoms with Gasteiger partial charge in [-0.3, -0.25) is 4.79 Å². The van der Waals surface area contributed by atoms with Crippen molar-refractivity contribution in [2.24, 2.45) is 0 Å². The van der Waals surface area contributed by atoms with Gasteiger partial charge in [-0.05, 0) is 18.1 Å². The normalized spacial score (nSPS) is 11.3. The third kappa shape index (κ3) is 5.98. The highest BCUT2D eigenvalue weighted by atomic mass is 35.5. The number of carbonyl (C=O) groups is 1. The molecule has 21 heavy (non-hydrogen) atoms. The molecule has 4 heteroatoms. The highest BCUT2D eigenvalue weighted by Crippen LogP contribution is 2.03. The summed E-state index contributed by atoms with van der Waals surface area (Å²) in [6, 6.07) is 19.3. The predicted molar refractivity (Wildman–Crippen MR) is 86.2 cm³/mol. The Bertz CT molecular complexity index is 531. The van der Waals surface area contributed by atoms with Gasteiger partial charge in [0.25, 0.3) is 0 Å². The van der Waals surface area contributed by atoms with E-state index in [4.69, 9.17) is 4.74 Å². The zero-order chi connectivity index (χ0) is 14.2. The number of benzene rings is 2. The first-order chi connectivity index (χ1) is 9.75. The van der Waals surface area contributed by atoms with E-state index in [1.165, 1.54) is 0 Å². The Morgan fingerprint density at radius 1 is 1.00 bits per heavy atom. The van der Waals surface area contributed by atoms with Crippen LogP contribution in [0.4, 0.5) is 0 Å². The quantitative estimate of drug-likeness (QED) is 0.832. The largest absolute Gasteiger partial charge is 0.460 e. The SMILES string of the molecule is CC(NCc1ccccc1)C(=O)OCc1ccccc1.Cl. The van der Waals surface area contributed by atoms with E-state index in [9.17, 15) is 4.79 Å². The van der Waals surface area contributed by atoms with E-state index in [2.05, 4.69) is 5.32 Å². The first-order valence-corrected chi connectivity index (χ1v) is 6.73. The summed E-state index contributed by atoms with van der Waals surface area (Å²) < 4.78 is 5.28. The highest BCUT2D eigenvalue weighted by molar-refractivity contribution is 5.85. The number of ether oxygens (including phenoxy) is 1. The fourth-order valence-electron chi connectivity index (χ4n) is 1.80. The lowest BCUT2D eigenvalue weighted by Gasteiger charge is -2.13. The second-order valence-corrected chi connectivity index (χ2v) is 4.68.